The average molecular weight is 279 g/mol. The highest BCUT2D eigenvalue weighted by molar-refractivity contribution is 5.99. The molecule has 1 aromatic rings. The van der Waals surface area contributed by atoms with Crippen molar-refractivity contribution in [2.45, 2.75) is 19.4 Å². The number of nitrogens with two attached hydrogens (primary N) is 1. The maximum Gasteiger partial charge on any atom is 0.270 e. The number of β-amino-alcohol motifs (C(OH)–C–C–N with tert-alkyl or cyclic N) is 1. The van der Waals surface area contributed by atoms with Gasteiger partial charge in [-0.15, -0.1) is 0 Å². The molecule has 1 heterocycles. The molecule has 2 atom stereocenters. The van der Waals surface area contributed by atoms with Crippen LogP contribution < -0.4 is 5.73 Å². The number of aliphatic hydroxyl groups is 1. The van der Waals surface area contributed by atoms with Crippen LogP contribution in [0.5, 0.6) is 0 Å². The van der Waals surface area contributed by atoms with Crippen molar-refractivity contribution in [3.63, 3.8) is 0 Å². The molecule has 0 aliphatic carbocycles. The number of rotatable bonds is 2. The Bertz CT molecular complexity index is 546. The molecule has 1 amide bonds. The van der Waals surface area contributed by atoms with Crippen LogP contribution >= 0.6 is 0 Å². The van der Waals surface area contributed by atoms with Crippen molar-refractivity contribution in [3.05, 3.63) is 33.9 Å². The topological polar surface area (TPSA) is 110 Å². The van der Waals surface area contributed by atoms with Gasteiger partial charge in [-0.25, -0.2) is 0 Å². The number of non-ortho nitro benzene ring substituents is 1. The number of piperidine rings is 1. The van der Waals surface area contributed by atoms with Crippen molar-refractivity contribution in [3.8, 4) is 0 Å². The van der Waals surface area contributed by atoms with Crippen LogP contribution in [-0.2, 0) is 0 Å². The van der Waals surface area contributed by atoms with E-state index in [-0.39, 0.29) is 35.3 Å². The summed E-state index contributed by atoms with van der Waals surface area (Å²) in [6.07, 6.45) is 0.120. The minimum atomic E-state index is -0.576. The zero-order chi connectivity index (χ0) is 14.9. The highest BCUT2D eigenvalue weighted by Gasteiger charge is 2.29. The van der Waals surface area contributed by atoms with Gasteiger partial charge < -0.3 is 15.7 Å². The molecule has 1 saturated heterocycles. The molecule has 1 aliphatic heterocycles. The van der Waals surface area contributed by atoms with Crippen LogP contribution in [0.25, 0.3) is 0 Å². The van der Waals surface area contributed by atoms with Crippen molar-refractivity contribution >= 4 is 17.3 Å². The number of likely N-dealkylation sites (tertiary alicyclic amines) is 1. The van der Waals surface area contributed by atoms with Gasteiger partial charge in [-0.3, -0.25) is 14.9 Å². The molecule has 0 bridgehead atoms. The van der Waals surface area contributed by atoms with E-state index in [0.29, 0.717) is 13.0 Å². The highest BCUT2D eigenvalue weighted by atomic mass is 16.6. The van der Waals surface area contributed by atoms with E-state index in [1.807, 2.05) is 6.92 Å². The van der Waals surface area contributed by atoms with Crippen molar-refractivity contribution in [1.82, 2.24) is 4.90 Å². The molecule has 0 spiro atoms. The van der Waals surface area contributed by atoms with Gasteiger partial charge >= 0.3 is 0 Å². The summed E-state index contributed by atoms with van der Waals surface area (Å²) in [6.45, 7) is 2.66. The van der Waals surface area contributed by atoms with E-state index < -0.39 is 11.0 Å². The molecular formula is C13H17N3O4. The first-order valence-corrected chi connectivity index (χ1v) is 6.41. The monoisotopic (exact) mass is 279 g/mol. The molecule has 7 heteroatoms. The zero-order valence-electron chi connectivity index (χ0n) is 11.2. The standard InChI is InChI=1S/C13H17N3O4/c1-8-4-5-15(7-12(8)17)13(18)10-6-9(16(19)20)2-3-11(10)14/h2-3,6,8,12,17H,4-5,7,14H2,1H3/t8-,12+/m1/s1. The van der Waals surface area contributed by atoms with E-state index in [0.717, 1.165) is 0 Å². The minimum absolute atomic E-state index is 0.112. The van der Waals surface area contributed by atoms with E-state index >= 15 is 0 Å². The maximum absolute atomic E-state index is 12.4. The summed E-state index contributed by atoms with van der Waals surface area (Å²) in [6, 6.07) is 3.80. The quantitative estimate of drug-likeness (QED) is 0.477. The maximum atomic E-state index is 12.4. The Kier molecular flexibility index (Phi) is 3.89. The van der Waals surface area contributed by atoms with Crippen molar-refractivity contribution in [1.29, 1.82) is 0 Å². The van der Waals surface area contributed by atoms with E-state index in [2.05, 4.69) is 0 Å². The Morgan fingerprint density at radius 3 is 2.85 bits per heavy atom. The molecule has 0 unspecified atom stereocenters. The number of aliphatic hydroxyl groups excluding tert-OH is 1. The second-order valence-electron chi connectivity index (χ2n) is 5.11. The van der Waals surface area contributed by atoms with E-state index in [4.69, 9.17) is 5.73 Å². The number of nitrogens with zero attached hydrogens (tertiary/aromatic N) is 2. The van der Waals surface area contributed by atoms with Crippen molar-refractivity contribution < 1.29 is 14.8 Å². The third-order valence-corrected chi connectivity index (χ3v) is 3.68. The number of nitro benzene ring substituents is 1. The van der Waals surface area contributed by atoms with E-state index in [1.165, 1.54) is 23.1 Å². The second kappa shape index (κ2) is 5.46. The van der Waals surface area contributed by atoms with Gasteiger partial charge in [0.15, 0.2) is 0 Å². The van der Waals surface area contributed by atoms with Crippen molar-refractivity contribution in [2.75, 3.05) is 18.8 Å². The predicted octanol–water partition coefficient (Wildman–Crippen LogP) is 1.02. The van der Waals surface area contributed by atoms with Crippen molar-refractivity contribution in [2.24, 2.45) is 5.92 Å². The third-order valence-electron chi connectivity index (χ3n) is 3.68. The number of carbonyl (C=O) groups excluding carboxylic acids is 1. The summed E-state index contributed by atoms with van der Waals surface area (Å²) in [5.74, 6) is -0.237. The number of hydrogen-bond donors (Lipinski definition) is 2. The van der Waals surface area contributed by atoms with Crippen LogP contribution in [0.15, 0.2) is 18.2 Å². The smallest absolute Gasteiger partial charge is 0.270 e. The number of anilines is 1. The van der Waals surface area contributed by atoms with E-state index in [9.17, 15) is 20.0 Å². The molecule has 20 heavy (non-hydrogen) atoms. The van der Waals surface area contributed by atoms with Gasteiger partial charge in [0.2, 0.25) is 0 Å². The lowest BCUT2D eigenvalue weighted by Gasteiger charge is -2.34. The first-order chi connectivity index (χ1) is 9.40. The lowest BCUT2D eigenvalue weighted by atomic mass is 9.95. The Morgan fingerprint density at radius 1 is 1.55 bits per heavy atom. The number of nitrogen functional groups attached to an aromatic ring is 1. The van der Waals surface area contributed by atoms with Gasteiger partial charge in [0, 0.05) is 30.9 Å². The summed E-state index contributed by atoms with van der Waals surface area (Å²) < 4.78 is 0. The molecule has 1 fully saturated rings. The fourth-order valence-corrected chi connectivity index (χ4v) is 2.25. The third kappa shape index (κ3) is 2.72. The van der Waals surface area contributed by atoms with Crippen LogP contribution in [-0.4, -0.2) is 40.0 Å². The number of hydrogen-bond acceptors (Lipinski definition) is 5. The molecule has 7 nitrogen and oxygen atoms in total. The average Bonchev–Trinajstić information content (AvgIpc) is 2.41. The Balaban J connectivity index is 2.25. The fraction of sp³-hybridized carbons (Fsp3) is 0.462. The highest BCUT2D eigenvalue weighted by Crippen LogP contribution is 2.24. The lowest BCUT2D eigenvalue weighted by Crippen LogP contribution is -2.46. The van der Waals surface area contributed by atoms with Crippen LogP contribution in [0.4, 0.5) is 11.4 Å². The number of benzene rings is 1. The Hall–Kier alpha value is -2.15. The summed E-state index contributed by atoms with van der Waals surface area (Å²) in [5, 5.41) is 20.6. The van der Waals surface area contributed by atoms with Crippen LogP contribution in [0.2, 0.25) is 0 Å². The van der Waals surface area contributed by atoms with Gasteiger partial charge in [-0.2, -0.15) is 0 Å². The largest absolute Gasteiger partial charge is 0.398 e. The summed E-state index contributed by atoms with van der Waals surface area (Å²) >= 11 is 0. The molecule has 2 rings (SSSR count). The van der Waals surface area contributed by atoms with Crippen LogP contribution in [0.3, 0.4) is 0 Å². The lowest BCUT2D eigenvalue weighted by molar-refractivity contribution is -0.384. The normalized spacial score (nSPS) is 22.6. The predicted molar refractivity (Wildman–Crippen MR) is 73.2 cm³/mol. The second-order valence-corrected chi connectivity index (χ2v) is 5.11. The molecule has 0 aromatic heterocycles. The summed E-state index contributed by atoms with van der Waals surface area (Å²) in [7, 11) is 0. The van der Waals surface area contributed by atoms with E-state index in [1.54, 1.807) is 0 Å². The van der Waals surface area contributed by atoms with Crippen LogP contribution in [0.1, 0.15) is 23.7 Å². The SMILES string of the molecule is C[C@@H]1CCN(C(=O)c2cc([N+](=O)[O-])ccc2N)C[C@@H]1O. The van der Waals surface area contributed by atoms with Crippen LogP contribution in [0, 0.1) is 16.0 Å². The number of carbonyl (C=O) groups is 1. The number of nitro groups is 1. The first-order valence-electron chi connectivity index (χ1n) is 6.41. The van der Waals surface area contributed by atoms with Gasteiger partial charge in [-0.1, -0.05) is 6.92 Å². The molecule has 1 aromatic carbocycles. The molecule has 0 saturated carbocycles. The Labute approximate surface area is 116 Å². The zero-order valence-corrected chi connectivity index (χ0v) is 11.2. The molecular weight excluding hydrogens is 262 g/mol. The van der Waals surface area contributed by atoms with Gasteiger partial charge in [0.25, 0.3) is 11.6 Å². The molecule has 1 aliphatic rings. The number of amides is 1. The fourth-order valence-electron chi connectivity index (χ4n) is 2.25. The molecule has 108 valence electrons. The van der Waals surface area contributed by atoms with Gasteiger partial charge in [0.05, 0.1) is 16.6 Å². The minimum Gasteiger partial charge on any atom is -0.398 e. The summed E-state index contributed by atoms with van der Waals surface area (Å²) in [5.41, 5.74) is 5.87. The summed E-state index contributed by atoms with van der Waals surface area (Å²) in [4.78, 5) is 24.0. The van der Waals surface area contributed by atoms with Gasteiger partial charge in [-0.05, 0) is 18.4 Å². The first kappa shape index (κ1) is 14.3. The Morgan fingerprint density at radius 2 is 2.25 bits per heavy atom. The molecule has 0 radical (unpaired) electrons. The molecule has 3 N–H and O–H groups in total. The van der Waals surface area contributed by atoms with Gasteiger partial charge in [0.1, 0.15) is 0 Å².